The number of benzene rings is 1. The molecular weight excluding hydrogens is 316 g/mol. The summed E-state index contributed by atoms with van der Waals surface area (Å²) in [7, 11) is 1.99. The molecule has 25 heavy (non-hydrogen) atoms. The topological polar surface area (TPSA) is 93.1 Å². The van der Waals surface area contributed by atoms with Crippen LogP contribution >= 0.6 is 0 Å². The van der Waals surface area contributed by atoms with Crippen LogP contribution in [-0.2, 0) is 6.42 Å². The molecule has 7 heteroatoms. The lowest BCUT2D eigenvalue weighted by Crippen LogP contribution is -2.31. The van der Waals surface area contributed by atoms with Crippen molar-refractivity contribution in [1.29, 1.82) is 0 Å². The summed E-state index contributed by atoms with van der Waals surface area (Å²) in [5, 5.41) is 13.8. The average Bonchev–Trinajstić information content (AvgIpc) is 2.94. The molecule has 0 saturated heterocycles. The summed E-state index contributed by atoms with van der Waals surface area (Å²) in [5.74, 6) is 2.25. The Morgan fingerprint density at radius 2 is 1.92 bits per heavy atom. The van der Waals surface area contributed by atoms with E-state index in [0.29, 0.717) is 11.6 Å². The Hall–Kier alpha value is -3.09. The predicted octanol–water partition coefficient (Wildman–Crippen LogP) is 2.33. The first kappa shape index (κ1) is 16.8. The fraction of sp³-hybridized carbons (Fsp3) is 0.278. The van der Waals surface area contributed by atoms with Gasteiger partial charge in [-0.3, -0.25) is 0 Å². The van der Waals surface area contributed by atoms with Gasteiger partial charge in [-0.2, -0.15) is 9.78 Å². The second kappa shape index (κ2) is 6.80. The van der Waals surface area contributed by atoms with E-state index in [-0.39, 0.29) is 11.8 Å². The highest BCUT2D eigenvalue weighted by molar-refractivity contribution is 5.47. The third kappa shape index (κ3) is 3.71. The molecule has 0 amide bonds. The molecule has 0 spiro atoms. The lowest BCUT2D eigenvalue weighted by molar-refractivity contribution is 0.475. The summed E-state index contributed by atoms with van der Waals surface area (Å²) in [5.41, 5.74) is 7.97. The Labute approximate surface area is 146 Å². The maximum absolute atomic E-state index is 9.40. The summed E-state index contributed by atoms with van der Waals surface area (Å²) < 4.78 is 1.61. The zero-order valence-electron chi connectivity index (χ0n) is 14.6. The van der Waals surface area contributed by atoms with Gasteiger partial charge in [0.15, 0.2) is 5.82 Å². The number of aromatic nitrogens is 4. The number of phenolic OH excluding ortho intramolecular Hbond substituents is 1. The molecule has 0 unspecified atom stereocenters. The summed E-state index contributed by atoms with van der Waals surface area (Å²) in [6.45, 7) is 4.02. The smallest absolute Gasteiger partial charge is 0.161 e. The zero-order chi connectivity index (χ0) is 18.0. The lowest BCUT2D eigenvalue weighted by Gasteiger charge is -2.26. The van der Waals surface area contributed by atoms with Crippen LogP contribution in [0, 0.1) is 6.92 Å². The molecule has 0 radical (unpaired) electrons. The highest BCUT2D eigenvalue weighted by Gasteiger charge is 2.14. The van der Waals surface area contributed by atoms with Gasteiger partial charge in [0.1, 0.15) is 23.7 Å². The number of nitrogen functional groups attached to an aromatic ring is 1. The second-order valence-corrected chi connectivity index (χ2v) is 6.19. The fourth-order valence-corrected chi connectivity index (χ4v) is 2.68. The van der Waals surface area contributed by atoms with Crippen molar-refractivity contribution in [3.05, 3.63) is 54.0 Å². The number of nitrogens with two attached hydrogens (primary N) is 1. The van der Waals surface area contributed by atoms with Crippen molar-refractivity contribution in [3.8, 4) is 11.6 Å². The molecule has 3 rings (SSSR count). The van der Waals surface area contributed by atoms with Gasteiger partial charge >= 0.3 is 0 Å². The quantitative estimate of drug-likeness (QED) is 0.741. The first-order valence-electron chi connectivity index (χ1n) is 8.09. The number of aryl methyl sites for hydroxylation is 1. The van der Waals surface area contributed by atoms with E-state index < -0.39 is 0 Å². The maximum atomic E-state index is 9.40. The van der Waals surface area contributed by atoms with Crippen molar-refractivity contribution in [1.82, 2.24) is 19.7 Å². The number of aromatic hydroxyl groups is 1. The van der Waals surface area contributed by atoms with Crippen LogP contribution < -0.4 is 10.6 Å². The van der Waals surface area contributed by atoms with Crippen molar-refractivity contribution in [3.63, 3.8) is 0 Å². The standard InChI is InChI=1S/C18H22N6O/c1-12-8-16(19)24(22-12)18-10-17(20-11-21-18)23(3)13(2)9-14-4-6-15(25)7-5-14/h4-8,10-11,13,25H,9,19H2,1-3H3/t13-/m0/s1. The Kier molecular flexibility index (Phi) is 4.56. The monoisotopic (exact) mass is 338 g/mol. The summed E-state index contributed by atoms with van der Waals surface area (Å²) >= 11 is 0. The molecule has 2 heterocycles. The number of likely N-dealkylation sites (N-methyl/N-ethyl adjacent to an activating group) is 1. The number of phenols is 1. The van der Waals surface area contributed by atoms with E-state index in [0.717, 1.165) is 23.5 Å². The van der Waals surface area contributed by atoms with Gasteiger partial charge in [0.05, 0.1) is 5.69 Å². The SMILES string of the molecule is Cc1cc(N)n(-c2cc(N(C)[C@@H](C)Cc3ccc(O)cc3)ncn2)n1. The van der Waals surface area contributed by atoms with Crippen molar-refractivity contribution in [2.45, 2.75) is 26.3 Å². The maximum Gasteiger partial charge on any atom is 0.161 e. The van der Waals surface area contributed by atoms with E-state index in [1.165, 1.54) is 6.33 Å². The Morgan fingerprint density at radius 3 is 2.56 bits per heavy atom. The first-order valence-corrected chi connectivity index (χ1v) is 8.09. The van der Waals surface area contributed by atoms with Crippen molar-refractivity contribution in [2.24, 2.45) is 0 Å². The van der Waals surface area contributed by atoms with E-state index in [1.807, 2.05) is 32.2 Å². The van der Waals surface area contributed by atoms with Crippen LogP contribution in [0.5, 0.6) is 5.75 Å². The van der Waals surface area contributed by atoms with Gasteiger partial charge in [-0.05, 0) is 38.0 Å². The Balaban J connectivity index is 1.79. The molecule has 1 aromatic carbocycles. The molecule has 0 bridgehead atoms. The first-order chi connectivity index (χ1) is 11.9. The molecule has 0 aliphatic rings. The highest BCUT2D eigenvalue weighted by Crippen LogP contribution is 2.19. The van der Waals surface area contributed by atoms with Crippen molar-refractivity contribution >= 4 is 11.6 Å². The number of hydrogen-bond acceptors (Lipinski definition) is 6. The van der Waals surface area contributed by atoms with Gasteiger partial charge in [-0.25, -0.2) is 9.97 Å². The van der Waals surface area contributed by atoms with Gasteiger partial charge in [0, 0.05) is 25.2 Å². The van der Waals surface area contributed by atoms with Crippen LogP contribution in [0.3, 0.4) is 0 Å². The van der Waals surface area contributed by atoms with Crippen LogP contribution in [0.1, 0.15) is 18.2 Å². The molecule has 0 aliphatic carbocycles. The zero-order valence-corrected chi connectivity index (χ0v) is 14.6. The molecule has 3 aromatic rings. The number of nitrogens with zero attached hydrogens (tertiary/aromatic N) is 5. The van der Waals surface area contributed by atoms with Crippen molar-refractivity contribution < 1.29 is 5.11 Å². The van der Waals surface area contributed by atoms with E-state index in [2.05, 4.69) is 26.9 Å². The number of rotatable bonds is 5. The summed E-state index contributed by atoms with van der Waals surface area (Å²) in [4.78, 5) is 10.7. The number of hydrogen-bond donors (Lipinski definition) is 2. The largest absolute Gasteiger partial charge is 0.508 e. The normalized spacial score (nSPS) is 12.1. The fourth-order valence-electron chi connectivity index (χ4n) is 2.68. The molecular formula is C18H22N6O. The molecule has 0 aliphatic heterocycles. The van der Waals surface area contributed by atoms with Gasteiger partial charge in [0.2, 0.25) is 0 Å². The molecule has 130 valence electrons. The Morgan fingerprint density at radius 1 is 1.20 bits per heavy atom. The van der Waals surface area contributed by atoms with E-state index in [1.54, 1.807) is 22.9 Å². The summed E-state index contributed by atoms with van der Waals surface area (Å²) in [6, 6.07) is 11.1. The van der Waals surface area contributed by atoms with E-state index in [4.69, 9.17) is 5.73 Å². The minimum absolute atomic E-state index is 0.212. The van der Waals surface area contributed by atoms with Crippen LogP contribution in [0.2, 0.25) is 0 Å². The third-order valence-electron chi connectivity index (χ3n) is 4.20. The predicted molar refractivity (Wildman–Crippen MR) is 98.0 cm³/mol. The van der Waals surface area contributed by atoms with Gasteiger partial charge in [0.25, 0.3) is 0 Å². The van der Waals surface area contributed by atoms with Crippen LogP contribution in [0.4, 0.5) is 11.6 Å². The molecule has 2 aromatic heterocycles. The molecule has 7 nitrogen and oxygen atoms in total. The van der Waals surface area contributed by atoms with Crippen LogP contribution in [0.15, 0.2) is 42.7 Å². The number of anilines is 2. The van der Waals surface area contributed by atoms with E-state index in [9.17, 15) is 5.11 Å². The van der Waals surface area contributed by atoms with Crippen LogP contribution in [0.25, 0.3) is 5.82 Å². The summed E-state index contributed by atoms with van der Waals surface area (Å²) in [6.07, 6.45) is 2.35. The Bertz CT molecular complexity index is 858. The minimum Gasteiger partial charge on any atom is -0.508 e. The van der Waals surface area contributed by atoms with Gasteiger partial charge in [-0.15, -0.1) is 0 Å². The lowest BCUT2D eigenvalue weighted by atomic mass is 10.1. The second-order valence-electron chi connectivity index (χ2n) is 6.19. The molecule has 0 saturated carbocycles. The van der Waals surface area contributed by atoms with E-state index >= 15 is 0 Å². The van der Waals surface area contributed by atoms with Gasteiger partial charge < -0.3 is 15.7 Å². The molecule has 0 fully saturated rings. The third-order valence-corrected chi connectivity index (χ3v) is 4.20. The average molecular weight is 338 g/mol. The highest BCUT2D eigenvalue weighted by atomic mass is 16.3. The molecule has 1 atom stereocenters. The van der Waals surface area contributed by atoms with Crippen LogP contribution in [-0.4, -0.2) is 37.9 Å². The van der Waals surface area contributed by atoms with Gasteiger partial charge in [-0.1, -0.05) is 12.1 Å². The van der Waals surface area contributed by atoms with Crippen molar-refractivity contribution in [2.75, 3.05) is 17.7 Å². The molecule has 3 N–H and O–H groups in total. The minimum atomic E-state index is 0.212.